The van der Waals surface area contributed by atoms with E-state index in [1.807, 2.05) is 0 Å². The minimum absolute atomic E-state index is 0.258. The first-order valence-corrected chi connectivity index (χ1v) is 4.49. The van der Waals surface area contributed by atoms with Crippen LogP contribution in [0.15, 0.2) is 0 Å². The summed E-state index contributed by atoms with van der Waals surface area (Å²) in [5.41, 5.74) is 0. The molecule has 0 radical (unpaired) electrons. The number of hydrogen-bond acceptors (Lipinski definition) is 3. The zero-order valence-corrected chi connectivity index (χ0v) is 8.01. The number of aliphatic hydroxyl groups excluding tert-OH is 1. The SMILES string of the molecule is COC(=O)C#CCCCCCCO. The number of unbranched alkanes of at least 4 members (excludes halogenated alkanes) is 4. The summed E-state index contributed by atoms with van der Waals surface area (Å²) in [5, 5.41) is 8.48. The molecule has 0 saturated heterocycles. The highest BCUT2D eigenvalue weighted by atomic mass is 16.5. The summed E-state index contributed by atoms with van der Waals surface area (Å²) < 4.78 is 4.35. The quantitative estimate of drug-likeness (QED) is 0.301. The van der Waals surface area contributed by atoms with Crippen molar-refractivity contribution in [2.24, 2.45) is 0 Å². The lowest BCUT2D eigenvalue weighted by molar-refractivity contribution is -0.133. The Kier molecular flexibility index (Phi) is 8.38. The summed E-state index contributed by atoms with van der Waals surface area (Å²) in [7, 11) is 1.32. The average molecular weight is 184 g/mol. The monoisotopic (exact) mass is 184 g/mol. The molecular formula is C10H16O3. The van der Waals surface area contributed by atoms with Gasteiger partial charge in [0.25, 0.3) is 0 Å². The van der Waals surface area contributed by atoms with Crippen LogP contribution in [0.2, 0.25) is 0 Å². The minimum Gasteiger partial charge on any atom is -0.459 e. The molecule has 3 nitrogen and oxygen atoms in total. The first kappa shape index (κ1) is 12.0. The Bertz CT molecular complexity index is 188. The number of rotatable bonds is 5. The highest BCUT2D eigenvalue weighted by molar-refractivity contribution is 5.88. The zero-order chi connectivity index (χ0) is 9.94. The van der Waals surface area contributed by atoms with Gasteiger partial charge >= 0.3 is 5.97 Å². The maximum absolute atomic E-state index is 10.5. The molecule has 0 aromatic carbocycles. The van der Waals surface area contributed by atoms with Crippen molar-refractivity contribution in [1.29, 1.82) is 0 Å². The lowest BCUT2D eigenvalue weighted by Crippen LogP contribution is -1.94. The van der Waals surface area contributed by atoms with Crippen LogP contribution in [-0.2, 0) is 9.53 Å². The summed E-state index contributed by atoms with van der Waals surface area (Å²) in [6, 6.07) is 0. The van der Waals surface area contributed by atoms with Crippen LogP contribution in [0.5, 0.6) is 0 Å². The van der Waals surface area contributed by atoms with Crippen molar-refractivity contribution in [1.82, 2.24) is 0 Å². The van der Waals surface area contributed by atoms with Crippen molar-refractivity contribution in [3.63, 3.8) is 0 Å². The molecule has 0 aliphatic carbocycles. The van der Waals surface area contributed by atoms with Gasteiger partial charge < -0.3 is 9.84 Å². The average Bonchev–Trinajstić information content (AvgIpc) is 2.16. The third-order valence-corrected chi connectivity index (χ3v) is 1.59. The molecule has 3 heteroatoms. The summed E-state index contributed by atoms with van der Waals surface area (Å²) in [6.45, 7) is 0.258. The fraction of sp³-hybridized carbons (Fsp3) is 0.700. The van der Waals surface area contributed by atoms with E-state index in [1.54, 1.807) is 0 Å². The van der Waals surface area contributed by atoms with Crippen molar-refractivity contribution < 1.29 is 14.6 Å². The Morgan fingerprint density at radius 2 is 2.00 bits per heavy atom. The molecule has 0 aromatic rings. The Hall–Kier alpha value is -1.01. The van der Waals surface area contributed by atoms with Gasteiger partial charge in [-0.3, -0.25) is 0 Å². The first-order valence-electron chi connectivity index (χ1n) is 4.49. The van der Waals surface area contributed by atoms with E-state index >= 15 is 0 Å². The number of hydrogen-bond donors (Lipinski definition) is 1. The van der Waals surface area contributed by atoms with E-state index in [2.05, 4.69) is 16.6 Å². The Morgan fingerprint density at radius 3 is 2.62 bits per heavy atom. The molecule has 0 unspecified atom stereocenters. The van der Waals surface area contributed by atoms with E-state index in [0.717, 1.165) is 32.1 Å². The van der Waals surface area contributed by atoms with Crippen LogP contribution in [-0.4, -0.2) is 24.8 Å². The van der Waals surface area contributed by atoms with E-state index in [-0.39, 0.29) is 6.61 Å². The number of ether oxygens (including phenoxy) is 1. The van der Waals surface area contributed by atoms with Crippen molar-refractivity contribution in [3.8, 4) is 11.8 Å². The summed E-state index contributed by atoms with van der Waals surface area (Å²) in [5.74, 6) is 4.61. The Morgan fingerprint density at radius 1 is 1.31 bits per heavy atom. The second-order valence-electron chi connectivity index (χ2n) is 2.68. The molecule has 0 aliphatic heterocycles. The lowest BCUT2D eigenvalue weighted by atomic mass is 10.1. The van der Waals surface area contributed by atoms with Gasteiger partial charge in [0.05, 0.1) is 7.11 Å². The van der Waals surface area contributed by atoms with Gasteiger partial charge in [-0.15, -0.1) is 0 Å². The molecule has 0 atom stereocenters. The molecule has 1 N–H and O–H groups in total. The fourth-order valence-corrected chi connectivity index (χ4v) is 0.864. The van der Waals surface area contributed by atoms with Crippen molar-refractivity contribution in [2.45, 2.75) is 32.1 Å². The van der Waals surface area contributed by atoms with Gasteiger partial charge in [0.1, 0.15) is 0 Å². The summed E-state index contributed by atoms with van der Waals surface area (Å²) >= 11 is 0. The van der Waals surface area contributed by atoms with Crippen molar-refractivity contribution in [2.75, 3.05) is 13.7 Å². The number of esters is 1. The molecule has 0 aromatic heterocycles. The van der Waals surface area contributed by atoms with Gasteiger partial charge in [-0.2, -0.15) is 0 Å². The highest BCUT2D eigenvalue weighted by Crippen LogP contribution is 2.00. The molecule has 74 valence electrons. The van der Waals surface area contributed by atoms with Gasteiger partial charge in [-0.05, 0) is 12.8 Å². The second-order valence-corrected chi connectivity index (χ2v) is 2.68. The summed E-state index contributed by atoms with van der Waals surface area (Å²) in [6.07, 6.45) is 4.63. The molecule has 0 bridgehead atoms. The number of aliphatic hydroxyl groups is 1. The Balaban J connectivity index is 3.23. The highest BCUT2D eigenvalue weighted by Gasteiger charge is 1.89. The number of carbonyl (C=O) groups is 1. The standard InChI is InChI=1S/C10H16O3/c1-13-10(12)8-6-4-2-3-5-7-9-11/h11H,2-5,7,9H2,1H3. The van der Waals surface area contributed by atoms with Crippen LogP contribution >= 0.6 is 0 Å². The van der Waals surface area contributed by atoms with Gasteiger partial charge in [0.2, 0.25) is 0 Å². The van der Waals surface area contributed by atoms with E-state index in [9.17, 15) is 4.79 Å². The van der Waals surface area contributed by atoms with E-state index < -0.39 is 5.97 Å². The largest absolute Gasteiger partial charge is 0.459 e. The number of methoxy groups -OCH3 is 1. The van der Waals surface area contributed by atoms with Crippen LogP contribution in [0.3, 0.4) is 0 Å². The van der Waals surface area contributed by atoms with E-state index in [1.165, 1.54) is 7.11 Å². The van der Waals surface area contributed by atoms with Crippen LogP contribution in [0.25, 0.3) is 0 Å². The van der Waals surface area contributed by atoms with Crippen molar-refractivity contribution >= 4 is 5.97 Å². The van der Waals surface area contributed by atoms with Gasteiger partial charge in [0, 0.05) is 18.9 Å². The first-order chi connectivity index (χ1) is 6.31. The molecule has 0 saturated carbocycles. The molecule has 0 heterocycles. The van der Waals surface area contributed by atoms with Gasteiger partial charge in [0.15, 0.2) is 0 Å². The van der Waals surface area contributed by atoms with Crippen LogP contribution in [0.4, 0.5) is 0 Å². The van der Waals surface area contributed by atoms with Gasteiger partial charge in [-0.25, -0.2) is 4.79 Å². The zero-order valence-electron chi connectivity index (χ0n) is 8.01. The smallest absolute Gasteiger partial charge is 0.384 e. The molecule has 13 heavy (non-hydrogen) atoms. The summed E-state index contributed by atoms with van der Waals surface area (Å²) in [4.78, 5) is 10.5. The van der Waals surface area contributed by atoms with E-state index in [4.69, 9.17) is 5.11 Å². The van der Waals surface area contributed by atoms with Gasteiger partial charge in [-0.1, -0.05) is 18.8 Å². The topological polar surface area (TPSA) is 46.5 Å². The normalized spacial score (nSPS) is 8.77. The van der Waals surface area contributed by atoms with Crippen LogP contribution < -0.4 is 0 Å². The predicted molar refractivity (Wildman–Crippen MR) is 50.0 cm³/mol. The molecule has 0 amide bonds. The third kappa shape index (κ3) is 8.90. The maximum atomic E-state index is 10.5. The predicted octanol–water partition coefficient (Wildman–Crippen LogP) is 1.11. The van der Waals surface area contributed by atoms with Crippen LogP contribution in [0, 0.1) is 11.8 Å². The molecule has 0 spiro atoms. The fourth-order valence-electron chi connectivity index (χ4n) is 0.864. The Labute approximate surface area is 79.1 Å². The number of carbonyl (C=O) groups excluding carboxylic acids is 1. The molecule has 0 rings (SSSR count). The van der Waals surface area contributed by atoms with Crippen molar-refractivity contribution in [3.05, 3.63) is 0 Å². The second kappa shape index (κ2) is 9.08. The lowest BCUT2D eigenvalue weighted by Gasteiger charge is -1.93. The third-order valence-electron chi connectivity index (χ3n) is 1.59. The van der Waals surface area contributed by atoms with E-state index in [0.29, 0.717) is 0 Å². The minimum atomic E-state index is -0.477. The van der Waals surface area contributed by atoms with Crippen LogP contribution in [0.1, 0.15) is 32.1 Å². The molecular weight excluding hydrogens is 168 g/mol. The molecule has 0 aliphatic rings. The maximum Gasteiger partial charge on any atom is 0.384 e. The molecule has 0 fully saturated rings.